The zero-order valence-corrected chi connectivity index (χ0v) is 88.1. The third-order valence-corrected chi connectivity index (χ3v) is 22.7. The van der Waals surface area contributed by atoms with Gasteiger partial charge >= 0.3 is 23.9 Å². The summed E-state index contributed by atoms with van der Waals surface area (Å²) < 4.78 is 151. The molecule has 0 saturated carbocycles. The van der Waals surface area contributed by atoms with E-state index in [1.54, 1.807) is 0 Å². The molecule has 37 nitrogen and oxygen atoms in total. The maximum absolute atomic E-state index is 14.6. The van der Waals surface area contributed by atoms with E-state index in [9.17, 15) is 33.6 Å². The Bertz CT molecular complexity index is 3330. The fraction of sp³-hybridized carbons (Fsp3) is 0.771. The lowest BCUT2D eigenvalue weighted by atomic mass is 9.76. The van der Waals surface area contributed by atoms with E-state index in [-0.39, 0.29) is 70.1 Å². The summed E-state index contributed by atoms with van der Waals surface area (Å²) >= 11 is 0. The number of hydrogen-bond acceptors (Lipinski definition) is 35. The van der Waals surface area contributed by atoms with E-state index in [0.717, 1.165) is 119 Å². The summed E-state index contributed by atoms with van der Waals surface area (Å²) in [6.07, 6.45) is 27.3. The summed E-state index contributed by atoms with van der Waals surface area (Å²) in [7, 11) is 0. The van der Waals surface area contributed by atoms with Crippen molar-refractivity contribution in [3.63, 3.8) is 0 Å². The first-order valence-corrected chi connectivity index (χ1v) is 54.0. The number of carbonyl (C=O) groups is 7. The molecule has 0 radical (unpaired) electrons. The molecule has 3 aromatic rings. The summed E-state index contributed by atoms with van der Waals surface area (Å²) in [6, 6.07) is 29.2. The number of nitrogens with zero attached hydrogens (tertiary/aromatic N) is 1. The lowest BCUT2D eigenvalue weighted by Gasteiger charge is -2.31. The van der Waals surface area contributed by atoms with Gasteiger partial charge in [-0.25, -0.2) is 4.79 Å². The molecule has 37 heteroatoms. The fourth-order valence-corrected chi connectivity index (χ4v) is 14.6. The normalized spacial score (nSPS) is 12.2. The summed E-state index contributed by atoms with van der Waals surface area (Å²) in [6.45, 7) is 21.4. The predicted octanol–water partition coefficient (Wildman–Crippen LogP) is 13.6. The van der Waals surface area contributed by atoms with E-state index in [1.807, 2.05) is 91.0 Å². The van der Waals surface area contributed by atoms with Gasteiger partial charge in [-0.15, -0.1) is 5.06 Å². The van der Waals surface area contributed by atoms with E-state index >= 15 is 0 Å². The van der Waals surface area contributed by atoms with Crippen LogP contribution in [-0.2, 0) is 186 Å². The van der Waals surface area contributed by atoms with Gasteiger partial charge in [0.25, 0.3) is 11.8 Å². The Morgan fingerprint density at radius 2 is 0.411 bits per heavy atom. The Kier molecular flexibility index (Phi) is 92.4. The van der Waals surface area contributed by atoms with Crippen LogP contribution in [0, 0.1) is 5.41 Å². The Hall–Kier alpha value is -6.81. The molecule has 0 spiro atoms. The molecular formula is C109H182N2O35. The number of imide groups is 1. The van der Waals surface area contributed by atoms with Crippen molar-refractivity contribution in [2.24, 2.45) is 5.41 Å². The number of carbonyl (C=O) groups excluding carboxylic acids is 7. The highest BCUT2D eigenvalue weighted by Crippen LogP contribution is 2.35. The molecule has 1 aliphatic rings. The summed E-state index contributed by atoms with van der Waals surface area (Å²) in [5, 5.41) is 3.62. The van der Waals surface area contributed by atoms with Crippen LogP contribution in [0.5, 0.6) is 0 Å². The first-order chi connectivity index (χ1) is 72.2. The van der Waals surface area contributed by atoms with Gasteiger partial charge in [-0.2, -0.15) is 0 Å². The van der Waals surface area contributed by atoms with Gasteiger partial charge < -0.3 is 138 Å². The SMILES string of the molecule is O=C(CCCCCCCCCCCCCCC(CCCCCCCCCCCCCCC(=O)OCc1ccccc1)(C(=O)NCCOCCOCCOCCOCCOCCOCCOCCOCCOCCOCCOCCOCCOCCOCCOCCOCCOCCOCCOCCOCCOCCOCCOCCOCCC(=O)ON1C(=O)CCC1=O)C(=O)OCc1ccccc1)OCc1ccccc1. The van der Waals surface area contributed by atoms with E-state index in [4.69, 9.17) is 133 Å². The van der Waals surface area contributed by atoms with Crippen LogP contribution in [0.1, 0.15) is 216 Å². The van der Waals surface area contributed by atoms with Crippen LogP contribution in [0.25, 0.3) is 0 Å². The second kappa shape index (κ2) is 103. The molecule has 0 atom stereocenters. The number of unbranched alkanes of at least 4 members (excludes halogenated alkanes) is 22. The zero-order valence-electron chi connectivity index (χ0n) is 88.1. The van der Waals surface area contributed by atoms with Crippen molar-refractivity contribution in [1.82, 2.24) is 10.4 Å². The lowest BCUT2D eigenvalue weighted by Crippen LogP contribution is -2.48. The first kappa shape index (κ1) is 131. The Morgan fingerprint density at radius 1 is 0.219 bits per heavy atom. The molecule has 0 aliphatic carbocycles. The Labute approximate surface area is 869 Å². The third-order valence-electron chi connectivity index (χ3n) is 22.7. The minimum absolute atomic E-state index is 0.0481. The number of amides is 3. The minimum Gasteiger partial charge on any atom is -0.461 e. The Balaban J connectivity index is 0.836. The van der Waals surface area contributed by atoms with Crippen LogP contribution in [0.4, 0.5) is 0 Å². The molecule has 3 aromatic carbocycles. The molecule has 1 aliphatic heterocycles. The minimum atomic E-state index is -1.32. The molecule has 146 heavy (non-hydrogen) atoms. The largest absolute Gasteiger partial charge is 0.461 e. The van der Waals surface area contributed by atoms with Crippen LogP contribution in [0.3, 0.4) is 0 Å². The van der Waals surface area contributed by atoms with Crippen LogP contribution in [0.2, 0.25) is 0 Å². The van der Waals surface area contributed by atoms with Gasteiger partial charge in [-0.05, 0) is 42.4 Å². The molecule has 1 heterocycles. The van der Waals surface area contributed by atoms with Gasteiger partial charge in [0.15, 0.2) is 0 Å². The summed E-state index contributed by atoms with van der Waals surface area (Å²) in [5.41, 5.74) is 1.57. The molecule has 0 unspecified atom stereocenters. The zero-order chi connectivity index (χ0) is 104. The highest BCUT2D eigenvalue weighted by Gasteiger charge is 2.46. The lowest BCUT2D eigenvalue weighted by molar-refractivity contribution is -0.198. The number of esters is 3. The molecule has 1 saturated heterocycles. The van der Waals surface area contributed by atoms with Crippen LogP contribution in [0.15, 0.2) is 91.0 Å². The number of rotatable bonds is 114. The van der Waals surface area contributed by atoms with Crippen LogP contribution >= 0.6 is 0 Å². The Morgan fingerprint density at radius 3 is 0.637 bits per heavy atom. The average Bonchev–Trinajstić information content (AvgIpc) is 0.929. The van der Waals surface area contributed by atoms with Gasteiger partial charge in [-0.1, -0.05) is 232 Å². The number of benzene rings is 3. The van der Waals surface area contributed by atoms with Crippen molar-refractivity contribution in [1.29, 1.82) is 0 Å². The van der Waals surface area contributed by atoms with E-state index in [1.165, 1.54) is 51.4 Å². The number of hydroxylamine groups is 2. The van der Waals surface area contributed by atoms with Crippen LogP contribution in [-0.4, -0.2) is 370 Å². The highest BCUT2D eigenvalue weighted by atomic mass is 16.7. The van der Waals surface area contributed by atoms with E-state index in [2.05, 4.69) is 5.32 Å². The second-order valence-electron chi connectivity index (χ2n) is 34.7. The molecule has 4 rings (SSSR count). The van der Waals surface area contributed by atoms with Crippen molar-refractivity contribution < 1.29 is 166 Å². The quantitative estimate of drug-likeness (QED) is 0.0180. The van der Waals surface area contributed by atoms with Crippen LogP contribution < -0.4 is 5.32 Å². The predicted molar refractivity (Wildman–Crippen MR) is 545 cm³/mol. The maximum atomic E-state index is 14.6. The third kappa shape index (κ3) is 82.9. The van der Waals surface area contributed by atoms with Crippen molar-refractivity contribution in [3.05, 3.63) is 108 Å². The van der Waals surface area contributed by atoms with E-state index < -0.39 is 29.2 Å². The second-order valence-corrected chi connectivity index (χ2v) is 34.7. The summed E-state index contributed by atoms with van der Waals surface area (Å²) in [5.74, 6) is -2.75. The van der Waals surface area contributed by atoms with Gasteiger partial charge in [0.1, 0.15) is 25.2 Å². The first-order valence-electron chi connectivity index (χ1n) is 54.0. The topological polar surface area (TPSA) is 393 Å². The van der Waals surface area contributed by atoms with Gasteiger partial charge in [0, 0.05) is 32.2 Å². The number of ether oxygens (including phenoxy) is 27. The average molecular weight is 2080 g/mol. The molecule has 1 N–H and O–H groups in total. The van der Waals surface area contributed by atoms with Crippen molar-refractivity contribution in [2.45, 2.75) is 219 Å². The highest BCUT2D eigenvalue weighted by molar-refractivity contribution is 6.03. The van der Waals surface area contributed by atoms with Crippen molar-refractivity contribution in [2.75, 3.05) is 324 Å². The number of nitrogens with one attached hydrogen (secondary N) is 1. The molecular weight excluding hydrogens is 1900 g/mol. The maximum Gasteiger partial charge on any atom is 0.335 e. The van der Waals surface area contributed by atoms with E-state index in [0.29, 0.717) is 341 Å². The number of hydrogen-bond donors (Lipinski definition) is 1. The molecule has 0 bridgehead atoms. The van der Waals surface area contributed by atoms with Gasteiger partial charge in [0.2, 0.25) is 5.91 Å². The van der Waals surface area contributed by atoms with Crippen molar-refractivity contribution in [3.8, 4) is 0 Å². The standard InChI is InChI=1S/C109H182N2O35/c112-102-42-43-103(113)111(102)146-106(116)44-48-119-50-52-121-54-56-123-58-60-125-62-64-127-66-68-129-70-72-131-74-76-133-78-80-135-82-84-137-86-88-139-90-92-141-94-95-142-93-91-140-89-87-138-85-83-136-81-79-134-77-75-132-73-71-130-69-67-128-65-63-126-61-59-124-57-55-122-53-51-120-49-47-110-107(117)109(108(118)145-98-101-38-28-23-29-39-101,45-32-19-15-11-7-3-1-5-9-13-17-30-40-104(114)143-96-99-34-24-21-25-35-99)46-33-20-16-12-8-4-2-6-10-14-18-31-41-105(115)144-97-100-36-26-22-27-37-100/h21-29,34-39H,1-20,30-33,40-98H2,(H,110,117). The molecule has 1 fully saturated rings. The molecule has 3 amide bonds. The summed E-state index contributed by atoms with van der Waals surface area (Å²) in [4.78, 5) is 93.0. The fourth-order valence-electron chi connectivity index (χ4n) is 14.6. The smallest absolute Gasteiger partial charge is 0.335 e. The van der Waals surface area contributed by atoms with Gasteiger partial charge in [0.05, 0.1) is 324 Å². The van der Waals surface area contributed by atoms with Gasteiger partial charge in [-0.3, -0.25) is 28.8 Å². The van der Waals surface area contributed by atoms with Crippen molar-refractivity contribution >= 4 is 41.6 Å². The monoisotopic (exact) mass is 2080 g/mol. The molecule has 838 valence electrons. The molecule has 0 aromatic heterocycles.